The van der Waals surface area contributed by atoms with Crippen molar-refractivity contribution in [3.05, 3.63) is 52.5 Å². The number of thioether (sulfide) groups is 1. The van der Waals surface area contributed by atoms with Gasteiger partial charge in [-0.3, -0.25) is 14.4 Å². The average molecular weight is 438 g/mol. The summed E-state index contributed by atoms with van der Waals surface area (Å²) < 4.78 is 5.91. The van der Waals surface area contributed by atoms with Crippen molar-refractivity contribution < 1.29 is 18.8 Å². The van der Waals surface area contributed by atoms with Crippen molar-refractivity contribution in [1.29, 1.82) is 5.26 Å². The molecule has 1 aromatic heterocycles. The Hall–Kier alpha value is -3.05. The van der Waals surface area contributed by atoms with E-state index in [9.17, 15) is 14.4 Å². The molecule has 31 heavy (non-hydrogen) atoms. The van der Waals surface area contributed by atoms with Crippen LogP contribution in [0.3, 0.4) is 0 Å². The fourth-order valence-corrected chi connectivity index (χ4v) is 5.28. The zero-order valence-electron chi connectivity index (χ0n) is 17.7. The molecule has 2 amide bonds. The Morgan fingerprint density at radius 2 is 1.97 bits per heavy atom. The van der Waals surface area contributed by atoms with Crippen LogP contribution in [0.4, 0.5) is 5.69 Å². The second kappa shape index (κ2) is 7.89. The number of hydrogen-bond donors (Lipinski definition) is 1. The minimum Gasteiger partial charge on any atom is -0.455 e. The van der Waals surface area contributed by atoms with Crippen LogP contribution in [0.25, 0.3) is 0 Å². The maximum atomic E-state index is 13.3. The lowest BCUT2D eigenvalue weighted by Gasteiger charge is -2.27. The van der Waals surface area contributed by atoms with E-state index in [0.717, 1.165) is 0 Å². The van der Waals surface area contributed by atoms with Crippen LogP contribution >= 0.6 is 11.8 Å². The highest BCUT2D eigenvalue weighted by Gasteiger charge is 2.41. The zero-order valence-corrected chi connectivity index (χ0v) is 18.5. The molecule has 1 fully saturated rings. The average Bonchev–Trinajstić information content (AvgIpc) is 3.32. The number of anilines is 1. The lowest BCUT2D eigenvalue weighted by atomic mass is 9.76. The second-order valence-corrected chi connectivity index (χ2v) is 9.76. The minimum atomic E-state index is -0.651. The number of nitrogens with one attached hydrogen (secondary N) is 1. The van der Waals surface area contributed by atoms with Crippen LogP contribution in [0, 0.1) is 23.7 Å². The van der Waals surface area contributed by atoms with E-state index in [4.69, 9.17) is 9.68 Å². The SMILES string of the molecule is Cc1c(C(=O)N2CSCC2C(=O)Nc2ccc(C#N)cc2)oc2c1C(=O)CC(C)(C)C2. The van der Waals surface area contributed by atoms with E-state index in [1.165, 1.54) is 16.7 Å². The second-order valence-electron chi connectivity index (χ2n) is 8.76. The van der Waals surface area contributed by atoms with E-state index >= 15 is 0 Å². The molecule has 2 aliphatic rings. The first-order valence-electron chi connectivity index (χ1n) is 10.1. The highest BCUT2D eigenvalue weighted by molar-refractivity contribution is 7.99. The van der Waals surface area contributed by atoms with Gasteiger partial charge in [-0.05, 0) is 36.6 Å². The van der Waals surface area contributed by atoms with E-state index in [1.807, 2.05) is 19.9 Å². The number of hydrogen-bond acceptors (Lipinski definition) is 6. The monoisotopic (exact) mass is 437 g/mol. The highest BCUT2D eigenvalue weighted by Crippen LogP contribution is 2.39. The lowest BCUT2D eigenvalue weighted by molar-refractivity contribution is -0.119. The van der Waals surface area contributed by atoms with Crippen molar-refractivity contribution in [2.75, 3.05) is 16.9 Å². The lowest BCUT2D eigenvalue weighted by Crippen LogP contribution is -2.44. The van der Waals surface area contributed by atoms with Gasteiger partial charge in [0.15, 0.2) is 11.5 Å². The van der Waals surface area contributed by atoms with Crippen molar-refractivity contribution in [1.82, 2.24) is 4.90 Å². The molecule has 0 spiro atoms. The molecule has 0 saturated carbocycles. The number of nitrogens with zero attached hydrogens (tertiary/aromatic N) is 2. The van der Waals surface area contributed by atoms with Gasteiger partial charge in [-0.2, -0.15) is 5.26 Å². The quantitative estimate of drug-likeness (QED) is 0.784. The number of carbonyl (C=O) groups is 3. The van der Waals surface area contributed by atoms with Crippen LogP contribution in [0.1, 0.15) is 58.1 Å². The Labute approximate surface area is 184 Å². The first-order chi connectivity index (χ1) is 14.7. The standard InChI is InChI=1S/C23H23N3O4S/c1-13-19-17(27)8-23(2,3)9-18(19)30-20(13)22(29)26-12-31-11-16(26)21(28)25-15-6-4-14(10-24)5-7-15/h4-7,16H,8-9,11-12H2,1-3H3,(H,25,28). The number of benzene rings is 1. The maximum Gasteiger partial charge on any atom is 0.291 e. The van der Waals surface area contributed by atoms with Crippen molar-refractivity contribution >= 4 is 35.0 Å². The summed E-state index contributed by atoms with van der Waals surface area (Å²) in [5.74, 6) is 0.879. The number of Topliss-reactive ketones (excluding diaryl/α,β-unsaturated/α-hetero) is 1. The van der Waals surface area contributed by atoms with E-state index in [0.29, 0.717) is 52.6 Å². The number of carbonyl (C=O) groups excluding carboxylic acids is 3. The predicted molar refractivity (Wildman–Crippen MR) is 117 cm³/mol. The van der Waals surface area contributed by atoms with Gasteiger partial charge in [0.1, 0.15) is 11.8 Å². The third-order valence-corrected chi connectivity index (χ3v) is 6.71. The molecule has 160 valence electrons. The van der Waals surface area contributed by atoms with Crippen LogP contribution in [-0.4, -0.2) is 40.2 Å². The molecule has 4 rings (SSSR count). The molecule has 0 bridgehead atoms. The number of rotatable bonds is 3. The Balaban J connectivity index is 1.55. The summed E-state index contributed by atoms with van der Waals surface area (Å²) in [4.78, 5) is 40.3. The molecule has 2 aromatic rings. The summed E-state index contributed by atoms with van der Waals surface area (Å²) in [7, 11) is 0. The number of amides is 2. The van der Waals surface area contributed by atoms with Crippen molar-refractivity contribution in [2.45, 2.75) is 39.7 Å². The van der Waals surface area contributed by atoms with Gasteiger partial charge in [-0.1, -0.05) is 13.8 Å². The Morgan fingerprint density at radius 1 is 1.26 bits per heavy atom. The van der Waals surface area contributed by atoms with E-state index < -0.39 is 6.04 Å². The fraction of sp³-hybridized carbons (Fsp3) is 0.391. The molecule has 1 aromatic carbocycles. The zero-order chi connectivity index (χ0) is 22.3. The van der Waals surface area contributed by atoms with Gasteiger partial charge < -0.3 is 14.6 Å². The van der Waals surface area contributed by atoms with Gasteiger partial charge >= 0.3 is 0 Å². The van der Waals surface area contributed by atoms with Crippen molar-refractivity contribution in [2.24, 2.45) is 5.41 Å². The van der Waals surface area contributed by atoms with Crippen LogP contribution in [0.2, 0.25) is 0 Å². The Kier molecular flexibility index (Phi) is 5.40. The summed E-state index contributed by atoms with van der Waals surface area (Å²) in [6.45, 7) is 5.75. The minimum absolute atomic E-state index is 0.00236. The molecule has 2 heterocycles. The van der Waals surface area contributed by atoms with Crippen LogP contribution in [0.15, 0.2) is 28.7 Å². The van der Waals surface area contributed by atoms with Crippen LogP contribution in [0.5, 0.6) is 0 Å². The molecule has 1 saturated heterocycles. The van der Waals surface area contributed by atoms with Gasteiger partial charge in [0.25, 0.3) is 5.91 Å². The number of fused-ring (bicyclic) bond motifs is 1. The Bertz CT molecular complexity index is 1110. The smallest absolute Gasteiger partial charge is 0.291 e. The number of nitriles is 1. The summed E-state index contributed by atoms with van der Waals surface area (Å²) in [5.41, 5.74) is 1.94. The number of ketones is 1. The van der Waals surface area contributed by atoms with E-state index in [2.05, 4.69) is 5.32 Å². The highest BCUT2D eigenvalue weighted by atomic mass is 32.2. The molecule has 8 heteroatoms. The molecular formula is C23H23N3O4S. The van der Waals surface area contributed by atoms with Gasteiger partial charge in [0.05, 0.1) is 23.1 Å². The summed E-state index contributed by atoms with van der Waals surface area (Å²) in [5, 5.41) is 11.7. The third kappa shape index (κ3) is 3.98. The van der Waals surface area contributed by atoms with E-state index in [1.54, 1.807) is 31.2 Å². The predicted octanol–water partition coefficient (Wildman–Crippen LogP) is 3.77. The van der Waals surface area contributed by atoms with Crippen molar-refractivity contribution in [3.63, 3.8) is 0 Å². The summed E-state index contributed by atoms with van der Waals surface area (Å²) in [6, 6.07) is 7.94. The first kappa shape index (κ1) is 21.2. The molecule has 1 atom stereocenters. The molecule has 1 aliphatic carbocycles. The Morgan fingerprint density at radius 3 is 2.65 bits per heavy atom. The summed E-state index contributed by atoms with van der Waals surface area (Å²) in [6.07, 6.45) is 1.02. The molecule has 0 radical (unpaired) electrons. The largest absolute Gasteiger partial charge is 0.455 e. The van der Waals surface area contributed by atoms with Crippen LogP contribution < -0.4 is 5.32 Å². The van der Waals surface area contributed by atoms with Gasteiger partial charge in [0, 0.05) is 29.8 Å². The van der Waals surface area contributed by atoms with Gasteiger partial charge in [0.2, 0.25) is 5.91 Å². The van der Waals surface area contributed by atoms with Gasteiger partial charge in [-0.15, -0.1) is 11.8 Å². The van der Waals surface area contributed by atoms with Crippen LogP contribution in [-0.2, 0) is 11.2 Å². The molecule has 1 unspecified atom stereocenters. The maximum absolute atomic E-state index is 13.3. The normalized spacial score (nSPS) is 19.6. The number of furan rings is 1. The topological polar surface area (TPSA) is 103 Å². The summed E-state index contributed by atoms with van der Waals surface area (Å²) >= 11 is 1.49. The third-order valence-electron chi connectivity index (χ3n) is 5.70. The molecule has 1 N–H and O–H groups in total. The van der Waals surface area contributed by atoms with E-state index in [-0.39, 0.29) is 28.8 Å². The molecular weight excluding hydrogens is 414 g/mol. The molecule has 1 aliphatic heterocycles. The van der Waals surface area contributed by atoms with Crippen molar-refractivity contribution in [3.8, 4) is 6.07 Å². The first-order valence-corrected chi connectivity index (χ1v) is 11.2. The molecule has 7 nitrogen and oxygen atoms in total. The fourth-order valence-electron chi connectivity index (χ4n) is 4.13. The van der Waals surface area contributed by atoms with Gasteiger partial charge in [-0.25, -0.2) is 0 Å².